The minimum atomic E-state index is -0.0646. The molecule has 160 valence electrons. The molecule has 3 rings (SSSR count). The Bertz CT molecular complexity index is 554. The molecule has 0 bridgehead atoms. The summed E-state index contributed by atoms with van der Waals surface area (Å²) in [6, 6.07) is -0.0457. The molecule has 0 aromatic carbocycles. The van der Waals surface area contributed by atoms with Crippen molar-refractivity contribution < 1.29 is 14.4 Å². The zero-order valence-electron chi connectivity index (χ0n) is 17.0. The maximum Gasteiger partial charge on any atom is 0.237 e. The summed E-state index contributed by atoms with van der Waals surface area (Å²) in [5, 5.41) is 6.29. The molecular weight excluding hydrogens is 380 g/mol. The molecule has 3 unspecified atom stereocenters. The number of hydrogen-bond acceptors (Lipinski definition) is 4. The van der Waals surface area contributed by atoms with Crippen molar-refractivity contribution in [3.05, 3.63) is 0 Å². The summed E-state index contributed by atoms with van der Waals surface area (Å²) in [6.07, 6.45) is 6.29. The van der Waals surface area contributed by atoms with Crippen LogP contribution in [0.4, 0.5) is 0 Å². The standard InChI is InChI=1S/C20H34N4O3.ClH/c1-2-18(25)23-10-5-7-16(14-23)20(27)24-11-4-6-15(13-24)12-22-19(26)17-8-3-9-21-17;/h15-17,21H,2-14H2,1H3,(H,22,26);1H. The van der Waals surface area contributed by atoms with Gasteiger partial charge in [-0.25, -0.2) is 0 Å². The third-order valence-electron chi connectivity index (χ3n) is 6.20. The van der Waals surface area contributed by atoms with E-state index >= 15 is 0 Å². The average molecular weight is 415 g/mol. The fraction of sp³-hybridized carbons (Fsp3) is 0.850. The number of nitrogens with one attached hydrogen (secondary N) is 2. The number of carbonyl (C=O) groups is 3. The van der Waals surface area contributed by atoms with Crippen molar-refractivity contribution in [1.82, 2.24) is 20.4 Å². The molecule has 3 aliphatic heterocycles. The third-order valence-corrected chi connectivity index (χ3v) is 6.20. The first-order valence-corrected chi connectivity index (χ1v) is 10.7. The number of carbonyl (C=O) groups excluding carboxylic acids is 3. The van der Waals surface area contributed by atoms with Gasteiger partial charge in [0.2, 0.25) is 17.7 Å². The second-order valence-corrected chi connectivity index (χ2v) is 8.22. The smallest absolute Gasteiger partial charge is 0.237 e. The van der Waals surface area contributed by atoms with E-state index in [-0.39, 0.29) is 42.1 Å². The predicted molar refractivity (Wildman–Crippen MR) is 110 cm³/mol. The van der Waals surface area contributed by atoms with Gasteiger partial charge in [-0.2, -0.15) is 0 Å². The molecule has 0 spiro atoms. The number of amides is 3. The number of hydrogen-bond donors (Lipinski definition) is 2. The molecule has 0 aliphatic carbocycles. The van der Waals surface area contributed by atoms with E-state index in [9.17, 15) is 14.4 Å². The van der Waals surface area contributed by atoms with Gasteiger partial charge in [0.15, 0.2) is 0 Å². The number of rotatable bonds is 5. The van der Waals surface area contributed by atoms with Crippen molar-refractivity contribution in [2.45, 2.75) is 57.9 Å². The van der Waals surface area contributed by atoms with Crippen LogP contribution in [0.5, 0.6) is 0 Å². The average Bonchev–Trinajstić information content (AvgIpc) is 3.26. The fourth-order valence-electron chi connectivity index (χ4n) is 4.60. The summed E-state index contributed by atoms with van der Waals surface area (Å²) in [5.41, 5.74) is 0. The molecule has 28 heavy (non-hydrogen) atoms. The van der Waals surface area contributed by atoms with Gasteiger partial charge in [0.1, 0.15) is 0 Å². The molecule has 3 saturated heterocycles. The topological polar surface area (TPSA) is 81.8 Å². The SMILES string of the molecule is CCC(=O)N1CCCC(C(=O)N2CCCC(CNC(=O)C3CCCN3)C2)C1.Cl. The second-order valence-electron chi connectivity index (χ2n) is 8.22. The van der Waals surface area contributed by atoms with Crippen LogP contribution < -0.4 is 10.6 Å². The summed E-state index contributed by atoms with van der Waals surface area (Å²) in [7, 11) is 0. The van der Waals surface area contributed by atoms with Crippen LogP contribution in [-0.2, 0) is 14.4 Å². The maximum atomic E-state index is 13.0. The van der Waals surface area contributed by atoms with Crippen LogP contribution in [0.15, 0.2) is 0 Å². The van der Waals surface area contributed by atoms with E-state index in [1.165, 1.54) is 0 Å². The molecule has 3 fully saturated rings. The minimum absolute atomic E-state index is 0. The summed E-state index contributed by atoms with van der Waals surface area (Å²) in [5.74, 6) is 0.691. The van der Waals surface area contributed by atoms with Crippen LogP contribution in [0, 0.1) is 11.8 Å². The van der Waals surface area contributed by atoms with Gasteiger partial charge in [0.25, 0.3) is 0 Å². The molecule has 8 heteroatoms. The first kappa shape index (κ1) is 22.9. The Labute approximate surface area is 174 Å². The molecule has 3 heterocycles. The normalized spacial score (nSPS) is 27.8. The van der Waals surface area contributed by atoms with E-state index in [2.05, 4.69) is 10.6 Å². The third kappa shape index (κ3) is 5.83. The van der Waals surface area contributed by atoms with Crippen molar-refractivity contribution in [2.24, 2.45) is 11.8 Å². The summed E-state index contributed by atoms with van der Waals surface area (Å²) >= 11 is 0. The Morgan fingerprint density at radius 3 is 2.46 bits per heavy atom. The van der Waals surface area contributed by atoms with Gasteiger partial charge in [0.05, 0.1) is 12.0 Å². The highest BCUT2D eigenvalue weighted by molar-refractivity contribution is 5.85. The van der Waals surface area contributed by atoms with Crippen molar-refractivity contribution in [3.8, 4) is 0 Å². The molecule has 0 aromatic heterocycles. The molecule has 7 nitrogen and oxygen atoms in total. The highest BCUT2D eigenvalue weighted by atomic mass is 35.5. The second kappa shape index (κ2) is 11.0. The molecule has 0 aromatic rings. The van der Waals surface area contributed by atoms with Crippen LogP contribution >= 0.6 is 12.4 Å². The lowest BCUT2D eigenvalue weighted by Crippen LogP contribution is -2.50. The predicted octanol–water partition coefficient (Wildman–Crippen LogP) is 1.16. The van der Waals surface area contributed by atoms with Crippen LogP contribution in [0.25, 0.3) is 0 Å². The van der Waals surface area contributed by atoms with Crippen LogP contribution in [-0.4, -0.2) is 72.8 Å². The Morgan fingerprint density at radius 1 is 1.00 bits per heavy atom. The van der Waals surface area contributed by atoms with Gasteiger partial charge >= 0.3 is 0 Å². The van der Waals surface area contributed by atoms with E-state index in [0.717, 1.165) is 64.7 Å². The summed E-state index contributed by atoms with van der Waals surface area (Å²) in [6.45, 7) is 6.30. The van der Waals surface area contributed by atoms with Crippen LogP contribution in [0.2, 0.25) is 0 Å². The van der Waals surface area contributed by atoms with Gasteiger partial charge in [-0.1, -0.05) is 6.92 Å². The number of piperidine rings is 2. The van der Waals surface area contributed by atoms with E-state index in [4.69, 9.17) is 0 Å². The van der Waals surface area contributed by atoms with Gasteiger partial charge in [-0.15, -0.1) is 12.4 Å². The summed E-state index contributed by atoms with van der Waals surface area (Å²) in [4.78, 5) is 41.0. The molecule has 3 amide bonds. The van der Waals surface area contributed by atoms with Crippen molar-refractivity contribution in [1.29, 1.82) is 0 Å². The maximum absolute atomic E-state index is 13.0. The highest BCUT2D eigenvalue weighted by Crippen LogP contribution is 2.23. The lowest BCUT2D eigenvalue weighted by Gasteiger charge is -2.38. The van der Waals surface area contributed by atoms with Gasteiger partial charge in [-0.05, 0) is 51.0 Å². The fourth-order valence-corrected chi connectivity index (χ4v) is 4.60. The van der Waals surface area contributed by atoms with E-state index in [0.29, 0.717) is 25.4 Å². The highest BCUT2D eigenvalue weighted by Gasteiger charge is 2.33. The van der Waals surface area contributed by atoms with Crippen LogP contribution in [0.1, 0.15) is 51.9 Å². The van der Waals surface area contributed by atoms with Gasteiger partial charge in [-0.3, -0.25) is 14.4 Å². The quantitative estimate of drug-likeness (QED) is 0.707. The molecule has 3 aliphatic rings. The Kier molecular flexibility index (Phi) is 9.02. The number of likely N-dealkylation sites (tertiary alicyclic amines) is 2. The zero-order valence-corrected chi connectivity index (χ0v) is 17.8. The molecule has 0 saturated carbocycles. The minimum Gasteiger partial charge on any atom is -0.354 e. The monoisotopic (exact) mass is 414 g/mol. The number of halogens is 1. The molecular formula is C20H35ClN4O3. The van der Waals surface area contributed by atoms with Gasteiger partial charge in [0, 0.05) is 39.1 Å². The first-order valence-electron chi connectivity index (χ1n) is 10.7. The lowest BCUT2D eigenvalue weighted by molar-refractivity contribution is -0.142. The molecule has 0 radical (unpaired) electrons. The van der Waals surface area contributed by atoms with Crippen molar-refractivity contribution in [3.63, 3.8) is 0 Å². The number of nitrogens with zero attached hydrogens (tertiary/aromatic N) is 2. The van der Waals surface area contributed by atoms with E-state index < -0.39 is 0 Å². The first-order chi connectivity index (χ1) is 13.1. The van der Waals surface area contributed by atoms with Crippen molar-refractivity contribution >= 4 is 30.1 Å². The largest absolute Gasteiger partial charge is 0.354 e. The van der Waals surface area contributed by atoms with E-state index in [1.54, 1.807) is 0 Å². The Balaban J connectivity index is 0.00000280. The Hall–Kier alpha value is -1.34. The van der Waals surface area contributed by atoms with E-state index in [1.807, 2.05) is 16.7 Å². The summed E-state index contributed by atoms with van der Waals surface area (Å²) < 4.78 is 0. The lowest BCUT2D eigenvalue weighted by atomic mass is 9.92. The van der Waals surface area contributed by atoms with Crippen LogP contribution in [0.3, 0.4) is 0 Å². The zero-order chi connectivity index (χ0) is 19.2. The van der Waals surface area contributed by atoms with Crippen molar-refractivity contribution in [2.75, 3.05) is 39.3 Å². The van der Waals surface area contributed by atoms with Gasteiger partial charge < -0.3 is 20.4 Å². The molecule has 2 N–H and O–H groups in total. The molecule has 3 atom stereocenters. The Morgan fingerprint density at radius 2 is 1.75 bits per heavy atom.